The average molecular weight is 296 g/mol. The molecule has 1 unspecified atom stereocenters. The van der Waals surface area contributed by atoms with E-state index in [4.69, 9.17) is 4.74 Å². The average Bonchev–Trinajstić information content (AvgIpc) is 3.01. The molecule has 2 rings (SSSR count). The summed E-state index contributed by atoms with van der Waals surface area (Å²) in [6.45, 7) is 9.60. The highest BCUT2D eigenvalue weighted by atomic mass is 32.1. The zero-order valence-corrected chi connectivity index (χ0v) is 13.9. The van der Waals surface area contributed by atoms with Crippen molar-refractivity contribution in [2.75, 3.05) is 26.7 Å². The molecule has 1 aliphatic rings. The molecular weight excluding hydrogens is 268 g/mol. The SMILES string of the molecule is CCCNCc1cc(CN(C)CC2CCCO2)c(C)s1. The zero-order valence-electron chi connectivity index (χ0n) is 13.1. The quantitative estimate of drug-likeness (QED) is 0.746. The summed E-state index contributed by atoms with van der Waals surface area (Å²) in [6.07, 6.45) is 4.09. The van der Waals surface area contributed by atoms with Crippen LogP contribution in [0, 0.1) is 6.92 Å². The van der Waals surface area contributed by atoms with E-state index in [1.807, 2.05) is 11.3 Å². The van der Waals surface area contributed by atoms with Crippen molar-refractivity contribution in [3.05, 3.63) is 21.4 Å². The Balaban J connectivity index is 1.81. The normalized spacial score (nSPS) is 19.1. The molecule has 20 heavy (non-hydrogen) atoms. The number of hydrogen-bond donors (Lipinski definition) is 1. The van der Waals surface area contributed by atoms with Crippen LogP contribution in [0.3, 0.4) is 0 Å². The maximum atomic E-state index is 5.71. The predicted molar refractivity (Wildman–Crippen MR) is 86.4 cm³/mol. The van der Waals surface area contributed by atoms with Gasteiger partial charge in [0, 0.05) is 36.0 Å². The highest BCUT2D eigenvalue weighted by Gasteiger charge is 2.18. The van der Waals surface area contributed by atoms with Crippen LogP contribution < -0.4 is 5.32 Å². The molecule has 1 aromatic heterocycles. The van der Waals surface area contributed by atoms with Gasteiger partial charge in [-0.15, -0.1) is 11.3 Å². The second kappa shape index (κ2) is 8.13. The third kappa shape index (κ3) is 4.85. The van der Waals surface area contributed by atoms with Crippen molar-refractivity contribution < 1.29 is 4.74 Å². The van der Waals surface area contributed by atoms with Crippen molar-refractivity contribution in [1.29, 1.82) is 0 Å². The summed E-state index contributed by atoms with van der Waals surface area (Å²) in [6, 6.07) is 2.37. The molecule has 0 aromatic carbocycles. The summed E-state index contributed by atoms with van der Waals surface area (Å²) in [5.74, 6) is 0. The van der Waals surface area contributed by atoms with Crippen molar-refractivity contribution in [2.24, 2.45) is 0 Å². The third-order valence-corrected chi connectivity index (χ3v) is 4.87. The highest BCUT2D eigenvalue weighted by Crippen LogP contribution is 2.23. The Morgan fingerprint density at radius 1 is 1.50 bits per heavy atom. The van der Waals surface area contributed by atoms with Crippen LogP contribution in [0.5, 0.6) is 0 Å². The second-order valence-corrected chi connectivity index (χ2v) is 7.14. The lowest BCUT2D eigenvalue weighted by molar-refractivity contribution is 0.0793. The van der Waals surface area contributed by atoms with Gasteiger partial charge in [0.1, 0.15) is 0 Å². The molecule has 1 atom stereocenters. The van der Waals surface area contributed by atoms with Crippen LogP contribution in [0.15, 0.2) is 6.07 Å². The van der Waals surface area contributed by atoms with Gasteiger partial charge in [-0.2, -0.15) is 0 Å². The number of nitrogens with zero attached hydrogens (tertiary/aromatic N) is 1. The third-order valence-electron chi connectivity index (χ3n) is 3.78. The van der Waals surface area contributed by atoms with Gasteiger partial charge in [-0.1, -0.05) is 6.92 Å². The lowest BCUT2D eigenvalue weighted by Crippen LogP contribution is -2.28. The minimum atomic E-state index is 0.449. The number of nitrogens with one attached hydrogen (secondary N) is 1. The van der Waals surface area contributed by atoms with Gasteiger partial charge in [-0.05, 0) is 51.4 Å². The standard InChI is InChI=1S/C16H28N2OS/c1-4-7-17-10-16-9-14(13(2)20-16)11-18(3)12-15-6-5-8-19-15/h9,15,17H,4-8,10-12H2,1-3H3. The number of thiophene rings is 1. The molecule has 0 amide bonds. The molecule has 0 spiro atoms. The van der Waals surface area contributed by atoms with E-state index in [1.54, 1.807) is 0 Å². The molecule has 0 radical (unpaired) electrons. The van der Waals surface area contributed by atoms with Crippen molar-refractivity contribution in [1.82, 2.24) is 10.2 Å². The van der Waals surface area contributed by atoms with Crippen molar-refractivity contribution in [3.8, 4) is 0 Å². The van der Waals surface area contributed by atoms with Gasteiger partial charge >= 0.3 is 0 Å². The Morgan fingerprint density at radius 3 is 3.05 bits per heavy atom. The first-order chi connectivity index (χ1) is 9.69. The lowest BCUT2D eigenvalue weighted by Gasteiger charge is -2.20. The van der Waals surface area contributed by atoms with Crippen LogP contribution in [0.2, 0.25) is 0 Å². The van der Waals surface area contributed by atoms with E-state index in [0.717, 1.165) is 32.8 Å². The molecule has 3 nitrogen and oxygen atoms in total. The number of aryl methyl sites for hydroxylation is 1. The summed E-state index contributed by atoms with van der Waals surface area (Å²) in [7, 11) is 2.20. The van der Waals surface area contributed by atoms with E-state index in [0.29, 0.717) is 6.10 Å². The van der Waals surface area contributed by atoms with Crippen molar-refractivity contribution in [3.63, 3.8) is 0 Å². The van der Waals surface area contributed by atoms with E-state index >= 15 is 0 Å². The molecule has 1 aliphatic heterocycles. The van der Waals surface area contributed by atoms with Gasteiger partial charge in [0.15, 0.2) is 0 Å². The van der Waals surface area contributed by atoms with E-state index in [1.165, 1.54) is 34.6 Å². The smallest absolute Gasteiger partial charge is 0.0702 e. The molecule has 114 valence electrons. The second-order valence-electron chi connectivity index (χ2n) is 5.80. The summed E-state index contributed by atoms with van der Waals surface area (Å²) in [4.78, 5) is 5.31. The fraction of sp³-hybridized carbons (Fsp3) is 0.750. The predicted octanol–water partition coefficient (Wildman–Crippen LogP) is 3.17. The molecule has 0 saturated carbocycles. The van der Waals surface area contributed by atoms with Gasteiger partial charge in [-0.25, -0.2) is 0 Å². The monoisotopic (exact) mass is 296 g/mol. The summed E-state index contributed by atoms with van der Waals surface area (Å²) in [5.41, 5.74) is 1.48. The van der Waals surface area contributed by atoms with Gasteiger partial charge in [-0.3, -0.25) is 4.90 Å². The highest BCUT2D eigenvalue weighted by molar-refractivity contribution is 7.12. The molecule has 1 aromatic rings. The van der Waals surface area contributed by atoms with E-state index in [-0.39, 0.29) is 0 Å². The van der Waals surface area contributed by atoms with E-state index in [9.17, 15) is 0 Å². The Bertz CT molecular complexity index is 399. The Hall–Kier alpha value is -0.420. The zero-order chi connectivity index (χ0) is 14.4. The first-order valence-corrected chi connectivity index (χ1v) is 8.59. The van der Waals surface area contributed by atoms with Crippen LogP contribution in [0.25, 0.3) is 0 Å². The maximum absolute atomic E-state index is 5.71. The molecule has 0 bridgehead atoms. The van der Waals surface area contributed by atoms with E-state index < -0.39 is 0 Å². The molecular formula is C16H28N2OS. The Labute approximate surface area is 127 Å². The number of hydrogen-bond acceptors (Lipinski definition) is 4. The summed E-state index contributed by atoms with van der Waals surface area (Å²) < 4.78 is 5.71. The first kappa shape index (κ1) is 16.0. The molecule has 1 N–H and O–H groups in total. The van der Waals surface area contributed by atoms with Crippen molar-refractivity contribution in [2.45, 2.75) is 52.3 Å². The molecule has 0 aliphatic carbocycles. The lowest BCUT2D eigenvalue weighted by atomic mass is 10.2. The van der Waals surface area contributed by atoms with Gasteiger partial charge in [0.2, 0.25) is 0 Å². The fourth-order valence-electron chi connectivity index (χ4n) is 2.71. The topological polar surface area (TPSA) is 24.5 Å². The van der Waals surface area contributed by atoms with Crippen LogP contribution >= 0.6 is 11.3 Å². The van der Waals surface area contributed by atoms with E-state index in [2.05, 4.69) is 37.2 Å². The van der Waals surface area contributed by atoms with Crippen LogP contribution in [0.1, 0.15) is 41.5 Å². The fourth-order valence-corrected chi connectivity index (χ4v) is 3.73. The number of likely N-dealkylation sites (N-methyl/N-ethyl adjacent to an activating group) is 1. The van der Waals surface area contributed by atoms with Crippen LogP contribution in [-0.4, -0.2) is 37.7 Å². The Morgan fingerprint density at radius 2 is 2.35 bits per heavy atom. The number of rotatable bonds is 8. The molecule has 1 saturated heterocycles. The Kier molecular flexibility index (Phi) is 6.49. The molecule has 2 heterocycles. The van der Waals surface area contributed by atoms with Gasteiger partial charge in [0.05, 0.1) is 6.10 Å². The minimum Gasteiger partial charge on any atom is -0.377 e. The molecule has 1 fully saturated rings. The summed E-state index contributed by atoms with van der Waals surface area (Å²) >= 11 is 1.93. The summed E-state index contributed by atoms with van der Waals surface area (Å²) in [5, 5.41) is 3.48. The molecule has 4 heteroatoms. The minimum absolute atomic E-state index is 0.449. The largest absolute Gasteiger partial charge is 0.377 e. The first-order valence-electron chi connectivity index (χ1n) is 7.78. The van der Waals surface area contributed by atoms with Crippen LogP contribution in [0.4, 0.5) is 0 Å². The maximum Gasteiger partial charge on any atom is 0.0702 e. The van der Waals surface area contributed by atoms with Crippen molar-refractivity contribution >= 4 is 11.3 Å². The van der Waals surface area contributed by atoms with Gasteiger partial charge in [0.25, 0.3) is 0 Å². The number of ether oxygens (including phenoxy) is 1. The van der Waals surface area contributed by atoms with Gasteiger partial charge < -0.3 is 10.1 Å². The van der Waals surface area contributed by atoms with Crippen LogP contribution in [-0.2, 0) is 17.8 Å².